The molecule has 1 amide bonds. The van der Waals surface area contributed by atoms with Crippen molar-refractivity contribution in [2.45, 2.75) is 59.1 Å². The summed E-state index contributed by atoms with van der Waals surface area (Å²) in [7, 11) is 0. The molecule has 20 heavy (non-hydrogen) atoms. The number of nitrogens with zero attached hydrogens (tertiary/aromatic N) is 2. The highest BCUT2D eigenvalue weighted by atomic mass is 16.3. The van der Waals surface area contributed by atoms with Gasteiger partial charge in [-0.1, -0.05) is 13.3 Å². The second kappa shape index (κ2) is 6.39. The third-order valence-electron chi connectivity index (χ3n) is 4.19. The zero-order valence-electron chi connectivity index (χ0n) is 12.6. The van der Waals surface area contributed by atoms with Gasteiger partial charge < -0.3 is 10.4 Å². The number of amides is 1. The fraction of sp³-hybridized carbons (Fsp3) is 0.733. The van der Waals surface area contributed by atoms with Gasteiger partial charge in [-0.3, -0.25) is 9.48 Å². The molecule has 0 spiro atoms. The van der Waals surface area contributed by atoms with Crippen molar-refractivity contribution >= 4 is 5.91 Å². The van der Waals surface area contributed by atoms with Crippen LogP contribution in [0.5, 0.6) is 0 Å². The summed E-state index contributed by atoms with van der Waals surface area (Å²) in [6.07, 6.45) is 3.63. The monoisotopic (exact) mass is 279 g/mol. The van der Waals surface area contributed by atoms with Crippen LogP contribution in [0.1, 0.15) is 54.4 Å². The lowest BCUT2D eigenvalue weighted by molar-refractivity contribution is 0.0915. The van der Waals surface area contributed by atoms with Gasteiger partial charge in [0.15, 0.2) is 0 Å². The molecule has 1 heterocycles. The minimum Gasteiger partial charge on any atom is -0.393 e. The molecule has 1 aromatic heterocycles. The van der Waals surface area contributed by atoms with Gasteiger partial charge in [0.05, 0.1) is 17.4 Å². The number of aliphatic hydroxyl groups is 1. The molecule has 1 aliphatic rings. The number of rotatable bonds is 5. The summed E-state index contributed by atoms with van der Waals surface area (Å²) in [6.45, 7) is 7.30. The van der Waals surface area contributed by atoms with Gasteiger partial charge in [-0.25, -0.2) is 0 Å². The average molecular weight is 279 g/mol. The first-order valence-corrected chi connectivity index (χ1v) is 7.54. The molecule has 0 radical (unpaired) electrons. The van der Waals surface area contributed by atoms with Crippen molar-refractivity contribution in [3.8, 4) is 0 Å². The van der Waals surface area contributed by atoms with Crippen LogP contribution in [0.4, 0.5) is 0 Å². The zero-order chi connectivity index (χ0) is 14.7. The Kier molecular flexibility index (Phi) is 4.81. The van der Waals surface area contributed by atoms with E-state index in [-0.39, 0.29) is 17.9 Å². The molecular weight excluding hydrogens is 254 g/mol. The maximum absolute atomic E-state index is 12.3. The van der Waals surface area contributed by atoms with Crippen LogP contribution < -0.4 is 5.32 Å². The highest BCUT2D eigenvalue weighted by molar-refractivity contribution is 5.96. The van der Waals surface area contributed by atoms with Gasteiger partial charge in [0.25, 0.3) is 5.91 Å². The van der Waals surface area contributed by atoms with Crippen LogP contribution in [0.25, 0.3) is 0 Å². The van der Waals surface area contributed by atoms with Crippen LogP contribution in [0.3, 0.4) is 0 Å². The number of aliphatic hydroxyl groups excluding tert-OH is 1. The van der Waals surface area contributed by atoms with Crippen LogP contribution in [0.15, 0.2) is 0 Å². The summed E-state index contributed by atoms with van der Waals surface area (Å²) in [4.78, 5) is 12.3. The van der Waals surface area contributed by atoms with E-state index >= 15 is 0 Å². The van der Waals surface area contributed by atoms with Crippen LogP contribution in [-0.2, 0) is 6.54 Å². The lowest BCUT2D eigenvalue weighted by Crippen LogP contribution is -2.33. The Morgan fingerprint density at radius 3 is 2.80 bits per heavy atom. The van der Waals surface area contributed by atoms with Crippen LogP contribution in [-0.4, -0.2) is 33.4 Å². The van der Waals surface area contributed by atoms with E-state index in [1.165, 1.54) is 0 Å². The zero-order valence-corrected chi connectivity index (χ0v) is 12.6. The van der Waals surface area contributed by atoms with Gasteiger partial charge in [-0.05, 0) is 33.1 Å². The van der Waals surface area contributed by atoms with Crippen molar-refractivity contribution in [2.24, 2.45) is 5.92 Å². The lowest BCUT2D eigenvalue weighted by Gasteiger charge is -2.15. The van der Waals surface area contributed by atoms with Crippen molar-refractivity contribution in [2.75, 3.05) is 6.54 Å². The quantitative estimate of drug-likeness (QED) is 0.863. The smallest absolute Gasteiger partial charge is 0.255 e. The number of carbonyl (C=O) groups excluding carboxylic acids is 1. The molecular formula is C15H25N3O2. The van der Waals surface area contributed by atoms with Gasteiger partial charge in [-0.2, -0.15) is 5.10 Å². The number of hydrogen-bond acceptors (Lipinski definition) is 3. The maximum Gasteiger partial charge on any atom is 0.255 e. The summed E-state index contributed by atoms with van der Waals surface area (Å²) in [5.41, 5.74) is 2.39. The standard InChI is InChI=1S/C15H25N3O2/c1-4-8-18-11(3)14(10(2)17-18)15(20)16-9-12-6-5-7-13(12)19/h12-13,19H,4-9H2,1-3H3,(H,16,20). The van der Waals surface area contributed by atoms with E-state index in [1.807, 2.05) is 18.5 Å². The third kappa shape index (κ3) is 3.03. The SMILES string of the molecule is CCCn1nc(C)c(C(=O)NCC2CCCC2O)c1C. The first kappa shape index (κ1) is 15.0. The number of carbonyl (C=O) groups is 1. The molecule has 2 unspecified atom stereocenters. The molecule has 1 saturated carbocycles. The summed E-state index contributed by atoms with van der Waals surface area (Å²) < 4.78 is 1.90. The summed E-state index contributed by atoms with van der Waals surface area (Å²) in [6, 6.07) is 0. The molecule has 0 saturated heterocycles. The first-order chi connectivity index (χ1) is 9.54. The number of nitrogens with one attached hydrogen (secondary N) is 1. The normalized spacial score (nSPS) is 22.2. The van der Waals surface area contributed by atoms with Crippen molar-refractivity contribution < 1.29 is 9.90 Å². The van der Waals surface area contributed by atoms with Crippen molar-refractivity contribution in [3.05, 3.63) is 17.0 Å². The Morgan fingerprint density at radius 1 is 1.45 bits per heavy atom. The number of aryl methyl sites for hydroxylation is 2. The molecule has 1 aliphatic carbocycles. The minimum absolute atomic E-state index is 0.0681. The van der Waals surface area contributed by atoms with E-state index in [0.29, 0.717) is 12.1 Å². The summed E-state index contributed by atoms with van der Waals surface area (Å²) in [5, 5.41) is 17.2. The summed E-state index contributed by atoms with van der Waals surface area (Å²) in [5.74, 6) is 0.131. The van der Waals surface area contributed by atoms with E-state index in [1.54, 1.807) is 0 Å². The second-order valence-corrected chi connectivity index (χ2v) is 5.74. The Bertz CT molecular complexity index is 482. The lowest BCUT2D eigenvalue weighted by atomic mass is 10.1. The minimum atomic E-state index is -0.264. The molecule has 0 bridgehead atoms. The highest BCUT2D eigenvalue weighted by Crippen LogP contribution is 2.24. The largest absolute Gasteiger partial charge is 0.393 e. The van der Waals surface area contributed by atoms with Crippen LogP contribution >= 0.6 is 0 Å². The highest BCUT2D eigenvalue weighted by Gasteiger charge is 2.26. The molecule has 0 aliphatic heterocycles. The van der Waals surface area contributed by atoms with Crippen LogP contribution in [0, 0.1) is 19.8 Å². The molecule has 1 fully saturated rings. The van der Waals surface area contributed by atoms with Gasteiger partial charge in [0.1, 0.15) is 0 Å². The Hall–Kier alpha value is -1.36. The fourth-order valence-corrected chi connectivity index (χ4v) is 3.02. The van der Waals surface area contributed by atoms with Crippen molar-refractivity contribution in [1.29, 1.82) is 0 Å². The predicted octanol–water partition coefficient (Wildman–Crippen LogP) is 1.80. The second-order valence-electron chi connectivity index (χ2n) is 5.74. The van der Waals surface area contributed by atoms with E-state index in [9.17, 15) is 9.90 Å². The van der Waals surface area contributed by atoms with E-state index < -0.39 is 0 Å². The molecule has 0 aromatic carbocycles. The van der Waals surface area contributed by atoms with Gasteiger partial charge in [0, 0.05) is 24.7 Å². The van der Waals surface area contributed by atoms with E-state index in [0.717, 1.165) is 43.6 Å². The van der Waals surface area contributed by atoms with E-state index in [2.05, 4.69) is 17.3 Å². The molecule has 2 N–H and O–H groups in total. The molecule has 2 rings (SSSR count). The topological polar surface area (TPSA) is 67.2 Å². The third-order valence-corrected chi connectivity index (χ3v) is 4.19. The van der Waals surface area contributed by atoms with Gasteiger partial charge >= 0.3 is 0 Å². The molecule has 112 valence electrons. The molecule has 5 heteroatoms. The Labute approximate surface area is 120 Å². The first-order valence-electron chi connectivity index (χ1n) is 7.54. The predicted molar refractivity (Wildman–Crippen MR) is 77.7 cm³/mol. The number of hydrogen-bond donors (Lipinski definition) is 2. The molecule has 2 atom stereocenters. The van der Waals surface area contributed by atoms with Crippen molar-refractivity contribution in [1.82, 2.24) is 15.1 Å². The Balaban J connectivity index is 2.01. The summed E-state index contributed by atoms with van der Waals surface area (Å²) >= 11 is 0. The molecule has 1 aromatic rings. The van der Waals surface area contributed by atoms with E-state index in [4.69, 9.17) is 0 Å². The fourth-order valence-electron chi connectivity index (χ4n) is 3.02. The van der Waals surface area contributed by atoms with Gasteiger partial charge in [0.2, 0.25) is 0 Å². The van der Waals surface area contributed by atoms with Crippen molar-refractivity contribution in [3.63, 3.8) is 0 Å². The van der Waals surface area contributed by atoms with Crippen LogP contribution in [0.2, 0.25) is 0 Å². The Morgan fingerprint density at radius 2 is 2.20 bits per heavy atom. The molecule has 5 nitrogen and oxygen atoms in total. The number of aromatic nitrogens is 2. The maximum atomic E-state index is 12.3. The van der Waals surface area contributed by atoms with Gasteiger partial charge in [-0.15, -0.1) is 0 Å². The average Bonchev–Trinajstić information content (AvgIpc) is 2.92.